The molecule has 2 atom stereocenters. The minimum Gasteiger partial charge on any atom is -0.372 e. The fraction of sp³-hybridized carbons (Fsp3) is 0.643. The van der Waals surface area contributed by atoms with Gasteiger partial charge in [0.05, 0.1) is 17.9 Å². The average Bonchev–Trinajstić information content (AvgIpc) is 2.35. The van der Waals surface area contributed by atoms with Gasteiger partial charge in [0, 0.05) is 31.5 Å². The summed E-state index contributed by atoms with van der Waals surface area (Å²) in [7, 11) is 0. The fourth-order valence-corrected chi connectivity index (χ4v) is 2.40. The fourth-order valence-electron chi connectivity index (χ4n) is 2.40. The lowest BCUT2D eigenvalue weighted by Gasteiger charge is -2.36. The molecule has 1 aromatic heterocycles. The Hall–Kier alpha value is -1.13. The zero-order valence-corrected chi connectivity index (χ0v) is 11.5. The summed E-state index contributed by atoms with van der Waals surface area (Å²) < 4.78 is 5.76. The van der Waals surface area contributed by atoms with Crippen molar-refractivity contribution in [3.8, 4) is 0 Å². The van der Waals surface area contributed by atoms with E-state index in [2.05, 4.69) is 48.1 Å². The van der Waals surface area contributed by atoms with Crippen LogP contribution in [0.1, 0.15) is 26.5 Å². The molecule has 0 spiro atoms. The average molecular weight is 249 g/mol. The smallest absolute Gasteiger partial charge is 0.0726 e. The standard InChI is InChI=1S/C14H23N3O/c1-4-15-8-13-7-14(5-6-16-13)17-9-11(2)18-12(3)10-17/h5-7,11-12,15H,4,8-10H2,1-3H3/t11-,12+. The van der Waals surface area contributed by atoms with Gasteiger partial charge in [0.1, 0.15) is 0 Å². The Morgan fingerprint density at radius 3 is 2.78 bits per heavy atom. The molecule has 4 nitrogen and oxygen atoms in total. The molecule has 0 saturated carbocycles. The van der Waals surface area contributed by atoms with Crippen molar-refractivity contribution in [1.29, 1.82) is 0 Å². The van der Waals surface area contributed by atoms with Crippen molar-refractivity contribution in [2.45, 2.75) is 39.5 Å². The van der Waals surface area contributed by atoms with Gasteiger partial charge in [-0.3, -0.25) is 4.98 Å². The molecular weight excluding hydrogens is 226 g/mol. The third-order valence-electron chi connectivity index (χ3n) is 3.14. The number of hydrogen-bond acceptors (Lipinski definition) is 4. The normalized spacial score (nSPS) is 24.3. The summed E-state index contributed by atoms with van der Waals surface area (Å²) in [6.45, 7) is 10.1. The molecule has 100 valence electrons. The lowest BCUT2D eigenvalue weighted by atomic mass is 10.2. The van der Waals surface area contributed by atoms with Crippen molar-refractivity contribution >= 4 is 5.69 Å². The summed E-state index contributed by atoms with van der Waals surface area (Å²) in [5.74, 6) is 0. The molecule has 1 aliphatic rings. The number of aromatic nitrogens is 1. The van der Waals surface area contributed by atoms with Crippen LogP contribution in [0.2, 0.25) is 0 Å². The second-order valence-electron chi connectivity index (χ2n) is 4.95. The highest BCUT2D eigenvalue weighted by Crippen LogP contribution is 2.20. The van der Waals surface area contributed by atoms with Gasteiger partial charge in [-0.1, -0.05) is 6.92 Å². The molecule has 0 aromatic carbocycles. The number of hydrogen-bond donors (Lipinski definition) is 1. The number of nitrogens with zero attached hydrogens (tertiary/aromatic N) is 2. The minimum atomic E-state index is 0.291. The molecule has 0 aliphatic carbocycles. The second kappa shape index (κ2) is 6.16. The molecule has 2 rings (SSSR count). The monoisotopic (exact) mass is 249 g/mol. The number of nitrogens with one attached hydrogen (secondary N) is 1. The Bertz CT molecular complexity index is 373. The molecule has 1 saturated heterocycles. The van der Waals surface area contributed by atoms with Gasteiger partial charge in [0.25, 0.3) is 0 Å². The van der Waals surface area contributed by atoms with Crippen LogP contribution in [0.25, 0.3) is 0 Å². The molecule has 1 fully saturated rings. The maximum Gasteiger partial charge on any atom is 0.0726 e. The Labute approximate surface area is 109 Å². The van der Waals surface area contributed by atoms with E-state index in [-0.39, 0.29) is 0 Å². The first-order valence-corrected chi connectivity index (χ1v) is 6.75. The maximum absolute atomic E-state index is 5.76. The van der Waals surface area contributed by atoms with Crippen LogP contribution in [-0.2, 0) is 11.3 Å². The van der Waals surface area contributed by atoms with E-state index in [0.717, 1.165) is 31.9 Å². The third-order valence-corrected chi connectivity index (χ3v) is 3.14. The summed E-state index contributed by atoms with van der Waals surface area (Å²) in [5, 5.41) is 3.31. The molecule has 18 heavy (non-hydrogen) atoms. The summed E-state index contributed by atoms with van der Waals surface area (Å²) in [6, 6.07) is 4.26. The van der Waals surface area contributed by atoms with Crippen molar-refractivity contribution in [3.63, 3.8) is 0 Å². The second-order valence-corrected chi connectivity index (χ2v) is 4.95. The van der Waals surface area contributed by atoms with Gasteiger partial charge in [0.2, 0.25) is 0 Å². The largest absolute Gasteiger partial charge is 0.372 e. The first kappa shape index (κ1) is 13.3. The van der Waals surface area contributed by atoms with E-state index in [9.17, 15) is 0 Å². The number of rotatable bonds is 4. The Morgan fingerprint density at radius 2 is 2.11 bits per heavy atom. The molecule has 2 heterocycles. The van der Waals surface area contributed by atoms with Crippen LogP contribution in [0.15, 0.2) is 18.3 Å². The van der Waals surface area contributed by atoms with Crippen LogP contribution in [0, 0.1) is 0 Å². The van der Waals surface area contributed by atoms with Crippen LogP contribution in [-0.4, -0.2) is 36.8 Å². The lowest BCUT2D eigenvalue weighted by molar-refractivity contribution is -0.00522. The lowest BCUT2D eigenvalue weighted by Crippen LogP contribution is -2.45. The zero-order chi connectivity index (χ0) is 13.0. The van der Waals surface area contributed by atoms with E-state index in [0.29, 0.717) is 12.2 Å². The van der Waals surface area contributed by atoms with Crippen LogP contribution in [0.5, 0.6) is 0 Å². The van der Waals surface area contributed by atoms with Crippen molar-refractivity contribution < 1.29 is 4.74 Å². The molecule has 1 aromatic rings. The summed E-state index contributed by atoms with van der Waals surface area (Å²) >= 11 is 0. The first-order valence-electron chi connectivity index (χ1n) is 6.75. The van der Waals surface area contributed by atoms with Crippen LogP contribution in [0.4, 0.5) is 5.69 Å². The van der Waals surface area contributed by atoms with Crippen molar-refractivity contribution in [2.75, 3.05) is 24.5 Å². The molecule has 1 N–H and O–H groups in total. The predicted molar refractivity (Wildman–Crippen MR) is 73.8 cm³/mol. The third kappa shape index (κ3) is 3.43. The minimum absolute atomic E-state index is 0.291. The van der Waals surface area contributed by atoms with E-state index in [1.165, 1.54) is 5.69 Å². The molecule has 0 amide bonds. The number of pyridine rings is 1. The van der Waals surface area contributed by atoms with Gasteiger partial charge in [-0.25, -0.2) is 0 Å². The van der Waals surface area contributed by atoms with E-state index in [1.807, 2.05) is 6.20 Å². The van der Waals surface area contributed by atoms with Gasteiger partial charge < -0.3 is 15.0 Å². The Morgan fingerprint density at radius 1 is 1.39 bits per heavy atom. The van der Waals surface area contributed by atoms with Gasteiger partial charge in [-0.15, -0.1) is 0 Å². The van der Waals surface area contributed by atoms with Crippen LogP contribution < -0.4 is 10.2 Å². The Kier molecular flexibility index (Phi) is 4.55. The highest BCUT2D eigenvalue weighted by atomic mass is 16.5. The number of morpholine rings is 1. The summed E-state index contributed by atoms with van der Waals surface area (Å²) in [6.07, 6.45) is 2.48. The van der Waals surface area contributed by atoms with E-state index in [1.54, 1.807) is 0 Å². The molecule has 4 heteroatoms. The SMILES string of the molecule is CCNCc1cc(N2C[C@@H](C)O[C@@H](C)C2)ccn1. The summed E-state index contributed by atoms with van der Waals surface area (Å²) in [5.41, 5.74) is 2.35. The quantitative estimate of drug-likeness (QED) is 0.883. The highest BCUT2D eigenvalue weighted by Gasteiger charge is 2.22. The summed E-state index contributed by atoms with van der Waals surface area (Å²) in [4.78, 5) is 6.77. The molecule has 1 aliphatic heterocycles. The van der Waals surface area contributed by atoms with Crippen molar-refractivity contribution in [1.82, 2.24) is 10.3 Å². The van der Waals surface area contributed by atoms with Crippen LogP contribution >= 0.6 is 0 Å². The van der Waals surface area contributed by atoms with Gasteiger partial charge >= 0.3 is 0 Å². The van der Waals surface area contributed by atoms with Crippen LogP contribution in [0.3, 0.4) is 0 Å². The highest BCUT2D eigenvalue weighted by molar-refractivity contribution is 5.47. The van der Waals surface area contributed by atoms with Gasteiger partial charge in [-0.2, -0.15) is 0 Å². The van der Waals surface area contributed by atoms with E-state index in [4.69, 9.17) is 4.74 Å². The first-order chi connectivity index (χ1) is 8.69. The van der Waals surface area contributed by atoms with Gasteiger partial charge in [0.15, 0.2) is 0 Å². The zero-order valence-electron chi connectivity index (χ0n) is 11.5. The topological polar surface area (TPSA) is 37.4 Å². The van der Waals surface area contributed by atoms with E-state index < -0.39 is 0 Å². The molecule has 0 unspecified atom stereocenters. The number of anilines is 1. The maximum atomic E-state index is 5.76. The van der Waals surface area contributed by atoms with Crippen molar-refractivity contribution in [3.05, 3.63) is 24.0 Å². The number of ether oxygens (including phenoxy) is 1. The molecule has 0 bridgehead atoms. The molecule has 0 radical (unpaired) electrons. The van der Waals surface area contributed by atoms with Crippen molar-refractivity contribution in [2.24, 2.45) is 0 Å². The Balaban J connectivity index is 2.07. The molecular formula is C14H23N3O. The predicted octanol–water partition coefficient (Wildman–Crippen LogP) is 1.80. The van der Waals surface area contributed by atoms with Gasteiger partial charge in [-0.05, 0) is 32.5 Å². The van der Waals surface area contributed by atoms with E-state index >= 15 is 0 Å².